The number of rotatable bonds is 5. The second-order valence-corrected chi connectivity index (χ2v) is 6.54. The second-order valence-electron chi connectivity index (χ2n) is 5.36. The van der Waals surface area contributed by atoms with Crippen LogP contribution < -0.4 is 15.0 Å². The SMILES string of the molecule is CCC1Oc2ccc([N+](=O)[O-])nc2N(CC(=O)Nc2nnc(C)s2)C1=O. The van der Waals surface area contributed by atoms with Gasteiger partial charge in [-0.25, -0.2) is 0 Å². The fourth-order valence-electron chi connectivity index (χ4n) is 2.35. The number of carbonyl (C=O) groups is 2. The van der Waals surface area contributed by atoms with Crippen molar-refractivity contribution >= 4 is 39.9 Å². The Morgan fingerprint density at radius 3 is 2.85 bits per heavy atom. The Kier molecular flexibility index (Phi) is 4.75. The average Bonchev–Trinajstić information content (AvgIpc) is 3.01. The Morgan fingerprint density at radius 2 is 2.23 bits per heavy atom. The molecule has 2 aromatic heterocycles. The number of aromatic nitrogens is 3. The summed E-state index contributed by atoms with van der Waals surface area (Å²) in [5.74, 6) is -1.30. The lowest BCUT2D eigenvalue weighted by Gasteiger charge is -2.30. The predicted molar refractivity (Wildman–Crippen MR) is 91.2 cm³/mol. The lowest BCUT2D eigenvalue weighted by molar-refractivity contribution is -0.389. The smallest absolute Gasteiger partial charge is 0.366 e. The van der Waals surface area contributed by atoms with Crippen LogP contribution >= 0.6 is 11.3 Å². The molecule has 0 saturated carbocycles. The molecule has 1 aliphatic rings. The van der Waals surface area contributed by atoms with Crippen LogP contribution in [0.25, 0.3) is 0 Å². The number of nitrogens with one attached hydrogen (secondary N) is 1. The standard InChI is InChI=1S/C14H14N6O5S/c1-3-8-13(22)19(6-11(21)16-14-18-17-7(2)26-14)12-9(25-8)4-5-10(15-12)20(23)24/h4-5,8H,3,6H2,1-2H3,(H,16,18,21). The Balaban J connectivity index is 1.88. The van der Waals surface area contributed by atoms with Crippen LogP contribution in [0.2, 0.25) is 0 Å². The third-order valence-corrected chi connectivity index (χ3v) is 4.28. The molecule has 1 N–H and O–H groups in total. The first kappa shape index (κ1) is 17.7. The zero-order valence-corrected chi connectivity index (χ0v) is 14.6. The van der Waals surface area contributed by atoms with E-state index < -0.39 is 28.7 Å². The van der Waals surface area contributed by atoms with E-state index in [0.29, 0.717) is 16.6 Å². The maximum Gasteiger partial charge on any atom is 0.366 e. The van der Waals surface area contributed by atoms with E-state index in [1.807, 2.05) is 0 Å². The third kappa shape index (κ3) is 3.44. The first-order valence-corrected chi connectivity index (χ1v) is 8.44. The number of nitro groups is 1. The summed E-state index contributed by atoms with van der Waals surface area (Å²) >= 11 is 1.19. The highest BCUT2D eigenvalue weighted by Gasteiger charge is 2.39. The summed E-state index contributed by atoms with van der Waals surface area (Å²) in [6.07, 6.45) is -0.412. The van der Waals surface area contributed by atoms with Gasteiger partial charge in [-0.05, 0) is 29.3 Å². The van der Waals surface area contributed by atoms with Gasteiger partial charge in [-0.2, -0.15) is 0 Å². The molecule has 1 aliphatic heterocycles. The molecule has 12 heteroatoms. The van der Waals surface area contributed by atoms with Gasteiger partial charge in [-0.3, -0.25) is 19.8 Å². The highest BCUT2D eigenvalue weighted by Crippen LogP contribution is 2.34. The van der Waals surface area contributed by atoms with E-state index in [-0.39, 0.29) is 18.1 Å². The largest absolute Gasteiger partial charge is 0.474 e. The molecule has 0 saturated heterocycles. The van der Waals surface area contributed by atoms with Crippen LogP contribution in [0.3, 0.4) is 0 Å². The van der Waals surface area contributed by atoms with Gasteiger partial charge in [0.1, 0.15) is 11.6 Å². The molecular weight excluding hydrogens is 364 g/mol. The number of hydrogen-bond acceptors (Lipinski definition) is 9. The maximum atomic E-state index is 12.6. The number of anilines is 2. The van der Waals surface area contributed by atoms with Gasteiger partial charge in [0.2, 0.25) is 11.0 Å². The topological polar surface area (TPSA) is 140 Å². The minimum absolute atomic E-state index is 0.0579. The molecule has 11 nitrogen and oxygen atoms in total. The molecular formula is C14H14N6O5S. The fourth-order valence-corrected chi connectivity index (χ4v) is 2.96. The monoisotopic (exact) mass is 378 g/mol. The number of hydrogen-bond donors (Lipinski definition) is 1. The number of fused-ring (bicyclic) bond motifs is 1. The lowest BCUT2D eigenvalue weighted by atomic mass is 10.2. The number of carbonyl (C=O) groups excluding carboxylic acids is 2. The quantitative estimate of drug-likeness (QED) is 0.606. The van der Waals surface area contributed by atoms with Crippen LogP contribution in [0, 0.1) is 17.0 Å². The van der Waals surface area contributed by atoms with Crippen LogP contribution in [-0.2, 0) is 9.59 Å². The maximum absolute atomic E-state index is 12.6. The fraction of sp³-hybridized carbons (Fsp3) is 0.357. The molecule has 0 aliphatic carbocycles. The van der Waals surface area contributed by atoms with Gasteiger partial charge in [-0.1, -0.05) is 18.3 Å². The van der Waals surface area contributed by atoms with Crippen molar-refractivity contribution in [2.45, 2.75) is 26.4 Å². The van der Waals surface area contributed by atoms with Crippen molar-refractivity contribution in [2.75, 3.05) is 16.8 Å². The molecule has 2 aromatic rings. The van der Waals surface area contributed by atoms with Crippen LogP contribution in [-0.4, -0.2) is 44.6 Å². The van der Waals surface area contributed by atoms with Crippen molar-refractivity contribution in [3.63, 3.8) is 0 Å². The zero-order chi connectivity index (χ0) is 18.8. The number of amides is 2. The molecule has 0 fully saturated rings. The highest BCUT2D eigenvalue weighted by molar-refractivity contribution is 7.15. The van der Waals surface area contributed by atoms with E-state index in [1.54, 1.807) is 13.8 Å². The van der Waals surface area contributed by atoms with E-state index in [9.17, 15) is 19.7 Å². The summed E-state index contributed by atoms with van der Waals surface area (Å²) in [5.41, 5.74) is 0. The molecule has 3 heterocycles. The van der Waals surface area contributed by atoms with Crippen LogP contribution in [0.1, 0.15) is 18.4 Å². The minimum atomic E-state index is -0.790. The zero-order valence-electron chi connectivity index (χ0n) is 13.8. The molecule has 0 bridgehead atoms. The molecule has 1 unspecified atom stereocenters. The summed E-state index contributed by atoms with van der Waals surface area (Å²) in [6.45, 7) is 3.12. The number of nitrogens with zero attached hydrogens (tertiary/aromatic N) is 5. The first-order chi connectivity index (χ1) is 12.4. The van der Waals surface area contributed by atoms with E-state index in [2.05, 4.69) is 20.5 Å². The summed E-state index contributed by atoms with van der Waals surface area (Å²) in [4.78, 5) is 40.1. The molecule has 3 rings (SSSR count). The normalized spacial score (nSPS) is 16.0. The van der Waals surface area contributed by atoms with Gasteiger partial charge in [0.05, 0.1) is 0 Å². The van der Waals surface area contributed by atoms with Gasteiger partial charge in [0.15, 0.2) is 11.9 Å². The van der Waals surface area contributed by atoms with Gasteiger partial charge in [0.25, 0.3) is 11.7 Å². The number of aryl methyl sites for hydroxylation is 1. The summed E-state index contributed by atoms with van der Waals surface area (Å²) in [6, 6.07) is 2.55. The number of pyridine rings is 1. The Labute approximate surface area is 151 Å². The minimum Gasteiger partial charge on any atom is -0.474 e. The molecule has 0 radical (unpaired) electrons. The Bertz CT molecular complexity index is 884. The van der Waals surface area contributed by atoms with Crippen molar-refractivity contribution in [1.82, 2.24) is 15.2 Å². The number of ether oxygens (including phenoxy) is 1. The molecule has 0 aromatic carbocycles. The predicted octanol–water partition coefficient (Wildman–Crippen LogP) is 1.29. The second kappa shape index (κ2) is 7.00. The van der Waals surface area contributed by atoms with Crippen LogP contribution in [0.15, 0.2) is 12.1 Å². The van der Waals surface area contributed by atoms with Crippen molar-refractivity contribution in [1.29, 1.82) is 0 Å². The molecule has 1 atom stereocenters. The van der Waals surface area contributed by atoms with E-state index >= 15 is 0 Å². The van der Waals surface area contributed by atoms with E-state index in [4.69, 9.17) is 4.74 Å². The van der Waals surface area contributed by atoms with Crippen molar-refractivity contribution < 1.29 is 19.2 Å². The highest BCUT2D eigenvalue weighted by atomic mass is 32.1. The molecule has 2 amide bonds. The van der Waals surface area contributed by atoms with Crippen molar-refractivity contribution in [2.24, 2.45) is 0 Å². The Hall–Kier alpha value is -3.15. The lowest BCUT2D eigenvalue weighted by Crippen LogP contribution is -2.49. The molecule has 136 valence electrons. The van der Waals surface area contributed by atoms with E-state index in [0.717, 1.165) is 4.90 Å². The van der Waals surface area contributed by atoms with Gasteiger partial charge in [0, 0.05) is 6.07 Å². The molecule has 0 spiro atoms. The summed E-state index contributed by atoms with van der Waals surface area (Å²) < 4.78 is 5.53. The van der Waals surface area contributed by atoms with Gasteiger partial charge in [-0.15, -0.1) is 10.2 Å². The third-order valence-electron chi connectivity index (χ3n) is 3.52. The van der Waals surface area contributed by atoms with Crippen LogP contribution in [0.4, 0.5) is 16.8 Å². The van der Waals surface area contributed by atoms with Crippen molar-refractivity contribution in [3.05, 3.63) is 27.3 Å². The Morgan fingerprint density at radius 1 is 1.46 bits per heavy atom. The average molecular weight is 378 g/mol. The van der Waals surface area contributed by atoms with Gasteiger partial charge < -0.3 is 14.9 Å². The van der Waals surface area contributed by atoms with Crippen LogP contribution in [0.5, 0.6) is 5.75 Å². The first-order valence-electron chi connectivity index (χ1n) is 7.62. The molecule has 26 heavy (non-hydrogen) atoms. The van der Waals surface area contributed by atoms with Gasteiger partial charge >= 0.3 is 5.82 Å². The summed E-state index contributed by atoms with van der Waals surface area (Å²) in [7, 11) is 0. The van der Waals surface area contributed by atoms with Crippen molar-refractivity contribution in [3.8, 4) is 5.75 Å². The van der Waals surface area contributed by atoms with E-state index in [1.165, 1.54) is 23.5 Å². The summed E-state index contributed by atoms with van der Waals surface area (Å²) in [5, 5.41) is 22.1.